The summed E-state index contributed by atoms with van der Waals surface area (Å²) >= 11 is 5.86. The molecule has 2 heterocycles. The molecule has 146 valence electrons. The Bertz CT molecular complexity index is 944. The largest absolute Gasteiger partial charge is 0.483 e. The minimum atomic E-state index is -2.90. The zero-order valence-corrected chi connectivity index (χ0v) is 15.5. The Balaban J connectivity index is 1.81. The molecular weight excluding hydrogens is 393 g/mol. The molecule has 1 N–H and O–H groups in total. The normalized spacial score (nSPS) is 12.1. The van der Waals surface area contributed by atoms with Crippen LogP contribution >= 0.6 is 11.6 Å². The summed E-state index contributed by atoms with van der Waals surface area (Å²) in [5.74, 6) is -0.459. The van der Waals surface area contributed by atoms with Crippen LogP contribution in [0.15, 0.2) is 48.9 Å². The van der Waals surface area contributed by atoms with E-state index in [-0.39, 0.29) is 29.0 Å². The lowest BCUT2D eigenvalue weighted by Crippen LogP contribution is -2.13. The molecule has 5 nitrogen and oxygen atoms in total. The molecule has 2 aromatic heterocycles. The van der Waals surface area contributed by atoms with Gasteiger partial charge in [0.05, 0.1) is 17.8 Å². The predicted octanol–water partition coefficient (Wildman–Crippen LogP) is 5.35. The first-order chi connectivity index (χ1) is 13.5. The fourth-order valence-corrected chi connectivity index (χ4v) is 2.69. The minimum absolute atomic E-state index is 0.0368. The highest BCUT2D eigenvalue weighted by molar-refractivity contribution is 6.28. The highest BCUT2D eigenvalue weighted by Crippen LogP contribution is 2.31. The summed E-state index contributed by atoms with van der Waals surface area (Å²) in [6.45, 7) is 1.83. The molecule has 0 bridgehead atoms. The Kier molecular flexibility index (Phi) is 6.30. The van der Waals surface area contributed by atoms with Gasteiger partial charge in [0.25, 0.3) is 6.43 Å². The van der Waals surface area contributed by atoms with Gasteiger partial charge in [-0.2, -0.15) is 4.98 Å². The van der Waals surface area contributed by atoms with Crippen LogP contribution in [0.5, 0.6) is 5.75 Å². The Hall–Kier alpha value is -2.87. The fourth-order valence-electron chi connectivity index (χ4n) is 2.56. The summed E-state index contributed by atoms with van der Waals surface area (Å²) in [5, 5.41) is 2.91. The number of rotatable bonds is 7. The highest BCUT2D eigenvalue weighted by atomic mass is 35.5. The number of hydrogen-bond acceptors (Lipinski definition) is 5. The van der Waals surface area contributed by atoms with Gasteiger partial charge in [0.15, 0.2) is 11.6 Å². The maximum absolute atomic E-state index is 14.4. The number of nitrogens with one attached hydrogen (secondary N) is 1. The van der Waals surface area contributed by atoms with Crippen molar-refractivity contribution in [1.29, 1.82) is 0 Å². The van der Waals surface area contributed by atoms with Gasteiger partial charge in [-0.15, -0.1) is 0 Å². The number of aromatic nitrogens is 3. The van der Waals surface area contributed by atoms with Gasteiger partial charge in [0, 0.05) is 23.5 Å². The molecule has 0 saturated heterocycles. The van der Waals surface area contributed by atoms with Crippen molar-refractivity contribution < 1.29 is 17.9 Å². The standard InChI is InChI=1S/C19H16ClF3N4O/c1-11(13-5-2-6-14(16(13)21)17(22)23)26-18-15(9-25-19(20)27-18)28-10-12-4-3-7-24-8-12/h2-9,11,17H,10H2,1H3,(H,25,26,27)/t11-/m1/s1. The zero-order valence-electron chi connectivity index (χ0n) is 14.7. The van der Waals surface area contributed by atoms with Gasteiger partial charge < -0.3 is 10.1 Å². The molecule has 0 aliphatic heterocycles. The number of benzene rings is 1. The van der Waals surface area contributed by atoms with E-state index in [1.54, 1.807) is 25.4 Å². The first kappa shape index (κ1) is 19.9. The average Bonchev–Trinajstić information content (AvgIpc) is 2.68. The molecule has 28 heavy (non-hydrogen) atoms. The van der Waals surface area contributed by atoms with Gasteiger partial charge in [0.2, 0.25) is 5.28 Å². The number of nitrogens with zero attached hydrogens (tertiary/aromatic N) is 3. The molecule has 0 unspecified atom stereocenters. The van der Waals surface area contributed by atoms with Crippen LogP contribution in [0.4, 0.5) is 19.0 Å². The van der Waals surface area contributed by atoms with Crippen LogP contribution < -0.4 is 10.1 Å². The van der Waals surface area contributed by atoms with E-state index in [0.29, 0.717) is 0 Å². The number of anilines is 1. The third-order valence-corrected chi connectivity index (χ3v) is 4.14. The minimum Gasteiger partial charge on any atom is -0.483 e. The molecule has 1 atom stereocenters. The molecule has 3 aromatic rings. The van der Waals surface area contributed by atoms with Crippen molar-refractivity contribution in [1.82, 2.24) is 15.0 Å². The van der Waals surface area contributed by atoms with Gasteiger partial charge in [-0.05, 0) is 24.6 Å². The smallest absolute Gasteiger partial charge is 0.266 e. The van der Waals surface area contributed by atoms with Crippen LogP contribution in [0.2, 0.25) is 5.28 Å². The molecule has 3 rings (SSSR count). The van der Waals surface area contributed by atoms with E-state index in [2.05, 4.69) is 20.3 Å². The molecule has 0 radical (unpaired) electrons. The van der Waals surface area contributed by atoms with E-state index in [1.165, 1.54) is 18.3 Å². The second-order valence-electron chi connectivity index (χ2n) is 5.92. The van der Waals surface area contributed by atoms with Crippen molar-refractivity contribution in [2.75, 3.05) is 5.32 Å². The topological polar surface area (TPSA) is 59.9 Å². The summed E-state index contributed by atoms with van der Waals surface area (Å²) in [5.41, 5.74) is 0.248. The van der Waals surface area contributed by atoms with Gasteiger partial charge >= 0.3 is 0 Å². The van der Waals surface area contributed by atoms with Crippen molar-refractivity contribution in [3.05, 3.63) is 76.7 Å². The lowest BCUT2D eigenvalue weighted by atomic mass is 10.0. The Morgan fingerprint density at radius 3 is 2.64 bits per heavy atom. The molecule has 1 aromatic carbocycles. The number of ether oxygens (including phenoxy) is 1. The van der Waals surface area contributed by atoms with E-state index < -0.39 is 23.8 Å². The van der Waals surface area contributed by atoms with Crippen LogP contribution in [-0.2, 0) is 6.61 Å². The lowest BCUT2D eigenvalue weighted by Gasteiger charge is -2.19. The van der Waals surface area contributed by atoms with Crippen LogP contribution in [0.25, 0.3) is 0 Å². The second kappa shape index (κ2) is 8.88. The zero-order chi connectivity index (χ0) is 20.1. The van der Waals surface area contributed by atoms with Gasteiger partial charge in [-0.1, -0.05) is 24.3 Å². The third-order valence-electron chi connectivity index (χ3n) is 3.96. The Morgan fingerprint density at radius 2 is 1.93 bits per heavy atom. The molecular formula is C19H16ClF3N4O. The summed E-state index contributed by atoms with van der Waals surface area (Å²) < 4.78 is 46.0. The fraction of sp³-hybridized carbons (Fsp3) is 0.211. The quantitative estimate of drug-likeness (QED) is 0.534. The first-order valence-electron chi connectivity index (χ1n) is 8.33. The van der Waals surface area contributed by atoms with Crippen molar-refractivity contribution >= 4 is 17.4 Å². The van der Waals surface area contributed by atoms with Crippen molar-refractivity contribution in [2.24, 2.45) is 0 Å². The average molecular weight is 409 g/mol. The molecule has 0 aliphatic carbocycles. The highest BCUT2D eigenvalue weighted by Gasteiger charge is 2.20. The maximum Gasteiger partial charge on any atom is 0.266 e. The van der Waals surface area contributed by atoms with Crippen LogP contribution in [0.3, 0.4) is 0 Å². The van der Waals surface area contributed by atoms with Gasteiger partial charge in [0.1, 0.15) is 12.4 Å². The molecule has 9 heteroatoms. The molecule has 0 spiro atoms. The van der Waals surface area contributed by atoms with E-state index in [9.17, 15) is 13.2 Å². The molecule has 0 amide bonds. The molecule has 0 saturated carbocycles. The predicted molar refractivity (Wildman–Crippen MR) is 99.0 cm³/mol. The number of pyridine rings is 1. The molecule has 0 fully saturated rings. The monoisotopic (exact) mass is 408 g/mol. The van der Waals surface area contributed by atoms with Crippen molar-refractivity contribution in [3.8, 4) is 5.75 Å². The maximum atomic E-state index is 14.4. The number of hydrogen-bond donors (Lipinski definition) is 1. The van der Waals surface area contributed by atoms with Crippen LogP contribution in [0.1, 0.15) is 36.1 Å². The lowest BCUT2D eigenvalue weighted by molar-refractivity contribution is 0.146. The summed E-state index contributed by atoms with van der Waals surface area (Å²) in [7, 11) is 0. The number of alkyl halides is 2. The third kappa shape index (κ3) is 4.69. The summed E-state index contributed by atoms with van der Waals surface area (Å²) in [6, 6.07) is 6.80. The van der Waals surface area contributed by atoms with Gasteiger partial charge in [-0.3, -0.25) is 4.98 Å². The van der Waals surface area contributed by atoms with Crippen LogP contribution in [0, 0.1) is 5.82 Å². The van der Waals surface area contributed by atoms with E-state index in [1.807, 2.05) is 6.07 Å². The Labute approximate surface area is 164 Å². The van der Waals surface area contributed by atoms with Crippen molar-refractivity contribution in [2.45, 2.75) is 26.0 Å². The Morgan fingerprint density at radius 1 is 1.14 bits per heavy atom. The van der Waals surface area contributed by atoms with E-state index in [0.717, 1.165) is 11.6 Å². The summed E-state index contributed by atoms with van der Waals surface area (Å²) in [6.07, 6.45) is 1.77. The van der Waals surface area contributed by atoms with E-state index >= 15 is 0 Å². The second-order valence-corrected chi connectivity index (χ2v) is 6.26. The first-order valence-corrected chi connectivity index (χ1v) is 8.70. The van der Waals surface area contributed by atoms with E-state index in [4.69, 9.17) is 16.3 Å². The van der Waals surface area contributed by atoms with Crippen LogP contribution in [-0.4, -0.2) is 15.0 Å². The SMILES string of the molecule is C[C@@H](Nc1nc(Cl)ncc1OCc1cccnc1)c1cccc(C(F)F)c1F. The van der Waals surface area contributed by atoms with Crippen molar-refractivity contribution in [3.63, 3.8) is 0 Å². The summed E-state index contributed by atoms with van der Waals surface area (Å²) in [4.78, 5) is 12.0. The molecule has 0 aliphatic rings. The number of halogens is 4. The van der Waals surface area contributed by atoms with Gasteiger partial charge in [-0.25, -0.2) is 18.2 Å².